The number of hydrogen-bond donors (Lipinski definition) is 0. The third-order valence-corrected chi connectivity index (χ3v) is 9.12. The second-order valence-electron chi connectivity index (χ2n) is 6.19. The van der Waals surface area contributed by atoms with E-state index in [9.17, 15) is 0 Å². The number of aromatic nitrogens is 2. The molecule has 0 saturated heterocycles. The average Bonchev–Trinajstić information content (AvgIpc) is 2.73. The molecule has 28 heavy (non-hydrogen) atoms. The Morgan fingerprint density at radius 1 is 0.571 bits per heavy atom. The molecule has 0 N–H and O–H groups in total. The third-order valence-electron chi connectivity index (χ3n) is 4.20. The molecule has 2 nitrogen and oxygen atoms in total. The summed E-state index contributed by atoms with van der Waals surface area (Å²) in [6.07, 6.45) is 0. The Morgan fingerprint density at radius 2 is 0.964 bits per heavy atom. The zero-order chi connectivity index (χ0) is 19.3. The predicted molar refractivity (Wildman–Crippen MR) is 121 cm³/mol. The number of hydrogen-bond acceptors (Lipinski definition) is 2. The van der Waals surface area contributed by atoms with Gasteiger partial charge in [-0.3, -0.25) is 0 Å². The normalized spacial score (nSPS) is 11.1. The Labute approximate surface area is 187 Å². The number of rotatable bonds is 6. The molecule has 140 valence electrons. The van der Waals surface area contributed by atoms with Crippen LogP contribution in [-0.4, -0.2) is 40.1 Å². The Hall–Kier alpha value is -1.38. The van der Waals surface area contributed by atoms with Crippen molar-refractivity contribution >= 4 is 73.1 Å². The molecule has 3 aromatic carbocycles. The molecule has 1 heterocycles. The van der Waals surface area contributed by atoms with E-state index in [1.807, 2.05) is 24.3 Å². The number of fused-ring (bicyclic) bond motifs is 1. The van der Waals surface area contributed by atoms with Crippen molar-refractivity contribution in [3.05, 3.63) is 94.0 Å². The van der Waals surface area contributed by atoms with E-state index in [4.69, 9.17) is 23.2 Å². The molecule has 0 aliphatic rings. The van der Waals surface area contributed by atoms with Crippen LogP contribution in [0.3, 0.4) is 0 Å². The molecular formula is C22H16Cl2N2Se2. The van der Waals surface area contributed by atoms with Gasteiger partial charge in [0.1, 0.15) is 0 Å². The van der Waals surface area contributed by atoms with Crippen LogP contribution in [0.1, 0.15) is 11.1 Å². The number of benzene rings is 3. The van der Waals surface area contributed by atoms with Crippen LogP contribution in [0.4, 0.5) is 0 Å². The van der Waals surface area contributed by atoms with Gasteiger partial charge < -0.3 is 0 Å². The summed E-state index contributed by atoms with van der Waals surface area (Å²) in [5.74, 6) is 0. The van der Waals surface area contributed by atoms with Crippen LogP contribution >= 0.6 is 23.2 Å². The summed E-state index contributed by atoms with van der Waals surface area (Å²) in [5, 5.41) is 15.2. The summed E-state index contributed by atoms with van der Waals surface area (Å²) < 4.78 is 2.23. The van der Waals surface area contributed by atoms with Gasteiger partial charge in [0.2, 0.25) is 0 Å². The van der Waals surface area contributed by atoms with E-state index in [-0.39, 0.29) is 29.9 Å². The predicted octanol–water partition coefficient (Wildman–Crippen LogP) is 4.00. The molecule has 0 aliphatic heterocycles. The van der Waals surface area contributed by atoms with Crippen molar-refractivity contribution in [2.75, 3.05) is 0 Å². The minimum atomic E-state index is 0.224. The van der Waals surface area contributed by atoms with Crippen molar-refractivity contribution < 1.29 is 0 Å². The van der Waals surface area contributed by atoms with Crippen LogP contribution in [0.15, 0.2) is 72.8 Å². The van der Waals surface area contributed by atoms with Crippen LogP contribution in [0.2, 0.25) is 10.0 Å². The van der Waals surface area contributed by atoms with Gasteiger partial charge in [0.05, 0.1) is 0 Å². The third kappa shape index (κ3) is 4.96. The van der Waals surface area contributed by atoms with E-state index in [0.717, 1.165) is 29.9 Å². The molecule has 4 rings (SSSR count). The zero-order valence-corrected chi connectivity index (χ0v) is 19.7. The van der Waals surface area contributed by atoms with Crippen molar-refractivity contribution in [2.45, 2.75) is 10.6 Å². The second-order valence-corrected chi connectivity index (χ2v) is 11.1. The first-order valence-corrected chi connectivity index (χ1v) is 13.6. The minimum absolute atomic E-state index is 0.224. The molecule has 0 amide bonds. The Bertz CT molecular complexity index is 996. The van der Waals surface area contributed by atoms with Crippen molar-refractivity contribution in [3.63, 3.8) is 0 Å². The fraction of sp³-hybridized carbons (Fsp3) is 0.0909. The standard InChI is InChI=1S/C22H16Cl2N2Se2/c23-17-9-5-15(6-10-17)13-27-21-19-3-1-2-4-20(19)22(26-25-21)28-14-16-7-11-18(24)12-8-16/h1-12H,13-14H2. The fourth-order valence-corrected chi connectivity index (χ4v) is 6.88. The van der Waals surface area contributed by atoms with Crippen LogP contribution in [0, 0.1) is 0 Å². The van der Waals surface area contributed by atoms with E-state index in [1.54, 1.807) is 0 Å². The zero-order valence-electron chi connectivity index (χ0n) is 14.8. The Morgan fingerprint density at radius 3 is 1.36 bits per heavy atom. The van der Waals surface area contributed by atoms with Crippen LogP contribution in [0.25, 0.3) is 10.8 Å². The summed E-state index contributed by atoms with van der Waals surface area (Å²) in [4.78, 5) is 0. The molecule has 1 aromatic heterocycles. The Kier molecular flexibility index (Phi) is 6.69. The van der Waals surface area contributed by atoms with Crippen LogP contribution < -0.4 is 9.18 Å². The molecular weight excluding hydrogens is 521 g/mol. The molecule has 0 atom stereocenters. The maximum atomic E-state index is 5.98. The van der Waals surface area contributed by atoms with Gasteiger partial charge in [0.25, 0.3) is 0 Å². The molecule has 0 bridgehead atoms. The molecule has 0 radical (unpaired) electrons. The topological polar surface area (TPSA) is 25.8 Å². The summed E-state index contributed by atoms with van der Waals surface area (Å²) in [6.45, 7) is 0. The van der Waals surface area contributed by atoms with Gasteiger partial charge >= 0.3 is 188 Å². The number of nitrogens with zero attached hydrogens (tertiary/aromatic N) is 2. The first-order chi connectivity index (χ1) is 13.7. The van der Waals surface area contributed by atoms with E-state index in [1.165, 1.54) is 21.9 Å². The number of halogens is 2. The van der Waals surface area contributed by atoms with E-state index < -0.39 is 0 Å². The fourth-order valence-electron chi connectivity index (χ4n) is 2.73. The van der Waals surface area contributed by atoms with Gasteiger partial charge in [-0.05, 0) is 0 Å². The first kappa shape index (κ1) is 19.9. The van der Waals surface area contributed by atoms with Gasteiger partial charge in [-0.25, -0.2) is 0 Å². The maximum absolute atomic E-state index is 5.98. The molecule has 6 heteroatoms. The van der Waals surface area contributed by atoms with E-state index in [0.29, 0.717) is 0 Å². The summed E-state index contributed by atoms with van der Waals surface area (Å²) in [6, 6.07) is 24.6. The Balaban J connectivity index is 1.54. The van der Waals surface area contributed by atoms with E-state index >= 15 is 0 Å². The van der Waals surface area contributed by atoms with Crippen LogP contribution in [-0.2, 0) is 10.6 Å². The molecule has 4 aromatic rings. The molecule has 0 aliphatic carbocycles. The van der Waals surface area contributed by atoms with Gasteiger partial charge in [-0.15, -0.1) is 0 Å². The molecule has 0 spiro atoms. The van der Waals surface area contributed by atoms with Gasteiger partial charge in [0, 0.05) is 0 Å². The van der Waals surface area contributed by atoms with E-state index in [2.05, 4.69) is 58.7 Å². The van der Waals surface area contributed by atoms with Gasteiger partial charge in [-0.1, -0.05) is 0 Å². The summed E-state index contributed by atoms with van der Waals surface area (Å²) >= 11 is 12.4. The van der Waals surface area contributed by atoms with Crippen molar-refractivity contribution in [2.24, 2.45) is 0 Å². The van der Waals surface area contributed by atoms with Gasteiger partial charge in [-0.2, -0.15) is 0 Å². The molecule has 0 fully saturated rings. The SMILES string of the molecule is Clc1ccc(C[Se]c2nnc([Se]Cc3ccc(Cl)cc3)c3ccccc23)cc1. The monoisotopic (exact) mass is 538 g/mol. The van der Waals surface area contributed by atoms with Crippen molar-refractivity contribution in [1.82, 2.24) is 10.2 Å². The second kappa shape index (κ2) is 9.41. The average molecular weight is 537 g/mol. The first-order valence-electron chi connectivity index (χ1n) is 8.69. The quantitative estimate of drug-likeness (QED) is 0.348. The van der Waals surface area contributed by atoms with Crippen molar-refractivity contribution in [3.8, 4) is 0 Å². The summed E-state index contributed by atoms with van der Waals surface area (Å²) in [7, 11) is 0. The molecule has 0 saturated carbocycles. The van der Waals surface area contributed by atoms with Gasteiger partial charge in [0.15, 0.2) is 0 Å². The van der Waals surface area contributed by atoms with Crippen molar-refractivity contribution in [1.29, 1.82) is 0 Å². The molecule has 0 unspecified atom stereocenters. The van der Waals surface area contributed by atoms with Crippen LogP contribution in [0.5, 0.6) is 0 Å². The summed E-state index contributed by atoms with van der Waals surface area (Å²) in [5.41, 5.74) is 2.57.